The van der Waals surface area contributed by atoms with E-state index in [4.69, 9.17) is 5.11 Å². The summed E-state index contributed by atoms with van der Waals surface area (Å²) in [5, 5.41) is 8.30. The van der Waals surface area contributed by atoms with E-state index in [2.05, 4.69) is 19.7 Å². The molecule has 1 N–H and O–H groups in total. The van der Waals surface area contributed by atoms with Crippen LogP contribution in [0.2, 0.25) is 0 Å². The largest absolute Gasteiger partial charge is 0.481 e. The van der Waals surface area contributed by atoms with Gasteiger partial charge in [-0.3, -0.25) is 4.79 Å². The second-order valence-corrected chi connectivity index (χ2v) is 1.59. The van der Waals surface area contributed by atoms with Crippen LogP contribution >= 0.6 is 0 Å². The van der Waals surface area contributed by atoms with Gasteiger partial charge in [0.15, 0.2) is 0 Å². The number of aliphatic carboxylic acids is 1. The molecule has 1 atom stereocenters. The van der Waals surface area contributed by atoms with Crippen LogP contribution in [0, 0.1) is 5.92 Å². The van der Waals surface area contributed by atoms with Crippen LogP contribution in [0.1, 0.15) is 13.3 Å². The molecule has 0 aromatic carbocycles. The van der Waals surface area contributed by atoms with Crippen LogP contribution in [0.25, 0.3) is 0 Å². The molecule has 0 spiro atoms. The van der Waals surface area contributed by atoms with Gasteiger partial charge in [-0.05, 0) is 6.42 Å². The number of hydrogen-bond acceptors (Lipinski definition) is 1. The summed E-state index contributed by atoms with van der Waals surface area (Å²) in [6.07, 6.45) is 2.07. The zero-order chi connectivity index (χ0) is 8.57. The number of hydrogen-bond donors (Lipinski definition) is 1. The molecular formula is C8H14O2. The van der Waals surface area contributed by atoms with E-state index in [9.17, 15) is 4.79 Å². The Morgan fingerprint density at radius 3 is 2.10 bits per heavy atom. The molecule has 0 aliphatic rings. The first-order chi connectivity index (χ1) is 4.72. The van der Waals surface area contributed by atoms with E-state index < -0.39 is 5.97 Å². The van der Waals surface area contributed by atoms with E-state index in [1.54, 1.807) is 0 Å². The lowest BCUT2D eigenvalue weighted by Crippen LogP contribution is -2.08. The average Bonchev–Trinajstić information content (AvgIpc) is 1.94. The zero-order valence-corrected chi connectivity index (χ0v) is 6.34. The van der Waals surface area contributed by atoms with Gasteiger partial charge in [0.1, 0.15) is 0 Å². The number of carboxylic acids is 1. The van der Waals surface area contributed by atoms with E-state index in [-0.39, 0.29) is 5.92 Å². The van der Waals surface area contributed by atoms with Crippen molar-refractivity contribution in [3.63, 3.8) is 0 Å². The maximum Gasteiger partial charge on any atom is 0.310 e. The highest BCUT2D eigenvalue weighted by Crippen LogP contribution is 2.01. The Balaban J connectivity index is 0. The van der Waals surface area contributed by atoms with Crippen LogP contribution in [0.5, 0.6) is 0 Å². The van der Waals surface area contributed by atoms with Crippen molar-refractivity contribution in [2.24, 2.45) is 5.92 Å². The lowest BCUT2D eigenvalue weighted by Gasteiger charge is -1.98. The van der Waals surface area contributed by atoms with Crippen LogP contribution in [0.3, 0.4) is 0 Å². The summed E-state index contributed by atoms with van der Waals surface area (Å²) in [6.45, 7) is 11.2. The van der Waals surface area contributed by atoms with Crippen molar-refractivity contribution in [2.45, 2.75) is 13.3 Å². The first-order valence-electron chi connectivity index (χ1n) is 3.07. The molecule has 10 heavy (non-hydrogen) atoms. The summed E-state index contributed by atoms with van der Waals surface area (Å²) in [5.41, 5.74) is 0. The van der Waals surface area contributed by atoms with Gasteiger partial charge in [0.25, 0.3) is 0 Å². The Hall–Kier alpha value is -1.05. The van der Waals surface area contributed by atoms with E-state index in [0.29, 0.717) is 6.42 Å². The summed E-state index contributed by atoms with van der Waals surface area (Å²) >= 11 is 0. The van der Waals surface area contributed by atoms with Crippen molar-refractivity contribution >= 4 is 5.97 Å². The van der Waals surface area contributed by atoms with Crippen molar-refractivity contribution in [3.8, 4) is 0 Å². The third-order valence-electron chi connectivity index (χ3n) is 1.04. The van der Waals surface area contributed by atoms with Crippen LogP contribution in [-0.4, -0.2) is 11.1 Å². The Morgan fingerprint density at radius 1 is 1.70 bits per heavy atom. The molecule has 0 aliphatic carbocycles. The fourth-order valence-electron chi connectivity index (χ4n) is 0.442. The van der Waals surface area contributed by atoms with Crippen LogP contribution < -0.4 is 0 Å². The third-order valence-corrected chi connectivity index (χ3v) is 1.04. The van der Waals surface area contributed by atoms with Crippen LogP contribution in [-0.2, 0) is 4.79 Å². The molecule has 2 nitrogen and oxygen atoms in total. The summed E-state index contributed by atoms with van der Waals surface area (Å²) in [7, 11) is 0. The van der Waals surface area contributed by atoms with E-state index in [1.165, 1.54) is 6.08 Å². The van der Waals surface area contributed by atoms with Gasteiger partial charge in [-0.1, -0.05) is 13.0 Å². The topological polar surface area (TPSA) is 37.3 Å². The summed E-state index contributed by atoms with van der Waals surface area (Å²) in [5.74, 6) is -1.16. The Kier molecular flexibility index (Phi) is 9.31. The highest BCUT2D eigenvalue weighted by Gasteiger charge is 2.07. The molecule has 0 bridgehead atoms. The van der Waals surface area contributed by atoms with Crippen LogP contribution in [0.4, 0.5) is 0 Å². The molecule has 0 aliphatic heterocycles. The zero-order valence-electron chi connectivity index (χ0n) is 6.34. The van der Waals surface area contributed by atoms with Gasteiger partial charge in [-0.15, -0.1) is 19.7 Å². The molecule has 0 heterocycles. The Morgan fingerprint density at radius 2 is 2.10 bits per heavy atom. The SMILES string of the molecule is C=C.C=CC(CC)C(=O)O. The van der Waals surface area contributed by atoms with Crippen molar-refractivity contribution in [3.05, 3.63) is 25.8 Å². The summed E-state index contributed by atoms with van der Waals surface area (Å²) in [4.78, 5) is 10.1. The molecule has 0 fully saturated rings. The highest BCUT2D eigenvalue weighted by molar-refractivity contribution is 5.71. The van der Waals surface area contributed by atoms with Gasteiger partial charge in [-0.25, -0.2) is 0 Å². The quantitative estimate of drug-likeness (QED) is 0.612. The van der Waals surface area contributed by atoms with E-state index in [1.807, 2.05) is 6.92 Å². The van der Waals surface area contributed by atoms with Crippen molar-refractivity contribution < 1.29 is 9.90 Å². The smallest absolute Gasteiger partial charge is 0.310 e. The maximum atomic E-state index is 10.1. The minimum absolute atomic E-state index is 0.366. The van der Waals surface area contributed by atoms with Crippen molar-refractivity contribution in [2.75, 3.05) is 0 Å². The summed E-state index contributed by atoms with van der Waals surface area (Å²) in [6, 6.07) is 0. The molecule has 58 valence electrons. The molecule has 0 saturated carbocycles. The first kappa shape index (κ1) is 11.7. The molecular weight excluding hydrogens is 128 g/mol. The Labute approximate surface area is 61.9 Å². The standard InChI is InChI=1S/C6H10O2.C2H4/c1-3-5(4-2)6(7)8;1-2/h3,5H,1,4H2,2H3,(H,7,8);1-2H2. The molecule has 1 unspecified atom stereocenters. The molecule has 0 aromatic rings. The molecule has 0 amide bonds. The van der Waals surface area contributed by atoms with Gasteiger partial charge >= 0.3 is 5.97 Å². The minimum atomic E-state index is -0.789. The molecule has 0 saturated heterocycles. The lowest BCUT2D eigenvalue weighted by molar-refractivity contribution is -0.140. The number of carbonyl (C=O) groups is 1. The second kappa shape index (κ2) is 7.95. The first-order valence-corrected chi connectivity index (χ1v) is 3.07. The normalized spacial score (nSPS) is 10.5. The molecule has 2 heteroatoms. The second-order valence-electron chi connectivity index (χ2n) is 1.59. The highest BCUT2D eigenvalue weighted by atomic mass is 16.4. The van der Waals surface area contributed by atoms with Gasteiger partial charge in [0, 0.05) is 0 Å². The van der Waals surface area contributed by atoms with Crippen LogP contribution in [0.15, 0.2) is 25.8 Å². The van der Waals surface area contributed by atoms with E-state index >= 15 is 0 Å². The molecule has 0 rings (SSSR count). The third kappa shape index (κ3) is 5.09. The van der Waals surface area contributed by atoms with Gasteiger partial charge < -0.3 is 5.11 Å². The lowest BCUT2D eigenvalue weighted by atomic mass is 10.1. The molecule has 0 radical (unpaired) electrons. The predicted molar refractivity (Wildman–Crippen MR) is 42.9 cm³/mol. The fraction of sp³-hybridized carbons (Fsp3) is 0.375. The summed E-state index contributed by atoms with van der Waals surface area (Å²) < 4.78 is 0. The molecule has 0 aromatic heterocycles. The monoisotopic (exact) mass is 142 g/mol. The van der Waals surface area contributed by atoms with Gasteiger partial charge in [0.2, 0.25) is 0 Å². The number of rotatable bonds is 3. The van der Waals surface area contributed by atoms with E-state index in [0.717, 1.165) is 0 Å². The van der Waals surface area contributed by atoms with Crippen molar-refractivity contribution in [1.82, 2.24) is 0 Å². The fourth-order valence-corrected chi connectivity index (χ4v) is 0.442. The number of carboxylic acid groups (broad SMARTS) is 1. The Bertz CT molecular complexity index is 108. The van der Waals surface area contributed by atoms with Crippen molar-refractivity contribution in [1.29, 1.82) is 0 Å². The van der Waals surface area contributed by atoms with Gasteiger partial charge in [0.05, 0.1) is 5.92 Å². The van der Waals surface area contributed by atoms with Gasteiger partial charge in [-0.2, -0.15) is 0 Å². The predicted octanol–water partition coefficient (Wildman–Crippen LogP) is 2.09. The minimum Gasteiger partial charge on any atom is -0.481 e. The average molecular weight is 142 g/mol. The maximum absolute atomic E-state index is 10.1.